The maximum atomic E-state index is 13.0. The fraction of sp³-hybridized carbons (Fsp3) is 0.576. The first-order chi connectivity index (χ1) is 20.4. The minimum Gasteiger partial charge on any atom is -0.454 e. The van der Waals surface area contributed by atoms with Crippen LogP contribution in [-0.2, 0) is 11.2 Å². The molecule has 3 amide bonds. The molecule has 3 aliphatic rings. The molecule has 0 spiro atoms. The number of benzene rings is 2. The van der Waals surface area contributed by atoms with Crippen molar-refractivity contribution in [1.29, 1.82) is 0 Å². The second-order valence-corrected chi connectivity index (χ2v) is 11.8. The number of hydrogen-bond acceptors (Lipinski definition) is 6. The SMILES string of the molecule is CCC(CC)N(CC1CCN(C(=O)N2CCOCC2)CC1)C(C)Cc1cccc(NC(=O)c2ccc3c(c2)OCO3)c1. The van der Waals surface area contributed by atoms with Crippen LogP contribution in [0.25, 0.3) is 0 Å². The molecule has 2 saturated heterocycles. The topological polar surface area (TPSA) is 83.6 Å². The van der Waals surface area contributed by atoms with E-state index in [-0.39, 0.29) is 18.7 Å². The molecule has 0 bridgehead atoms. The highest BCUT2D eigenvalue weighted by atomic mass is 16.7. The first kappa shape index (κ1) is 30.2. The van der Waals surface area contributed by atoms with Gasteiger partial charge in [-0.05, 0) is 80.8 Å². The fourth-order valence-corrected chi connectivity index (χ4v) is 6.48. The van der Waals surface area contributed by atoms with Crippen LogP contribution in [0.5, 0.6) is 11.5 Å². The first-order valence-electron chi connectivity index (χ1n) is 15.6. The van der Waals surface area contributed by atoms with E-state index in [9.17, 15) is 9.59 Å². The molecular weight excluding hydrogens is 532 g/mol. The van der Waals surface area contributed by atoms with Gasteiger partial charge in [0.15, 0.2) is 11.5 Å². The van der Waals surface area contributed by atoms with Crippen LogP contribution in [0.2, 0.25) is 0 Å². The number of hydrogen-bond donors (Lipinski definition) is 1. The third-order valence-electron chi connectivity index (χ3n) is 8.96. The highest BCUT2D eigenvalue weighted by molar-refractivity contribution is 6.04. The van der Waals surface area contributed by atoms with E-state index < -0.39 is 0 Å². The lowest BCUT2D eigenvalue weighted by Gasteiger charge is -2.42. The number of carbonyl (C=O) groups is 2. The Kier molecular flexibility index (Phi) is 10.2. The summed E-state index contributed by atoms with van der Waals surface area (Å²) in [4.78, 5) is 32.6. The van der Waals surface area contributed by atoms with Crippen molar-refractivity contribution in [3.8, 4) is 11.5 Å². The third kappa shape index (κ3) is 7.36. The van der Waals surface area contributed by atoms with Crippen LogP contribution in [0.4, 0.5) is 10.5 Å². The summed E-state index contributed by atoms with van der Waals surface area (Å²) in [5.74, 6) is 1.67. The average molecular weight is 579 g/mol. The van der Waals surface area contributed by atoms with Gasteiger partial charge in [-0.15, -0.1) is 0 Å². The van der Waals surface area contributed by atoms with Crippen LogP contribution in [-0.4, -0.2) is 91.5 Å². The number of fused-ring (bicyclic) bond motifs is 1. The van der Waals surface area contributed by atoms with Gasteiger partial charge < -0.3 is 29.3 Å². The number of ether oxygens (including phenoxy) is 3. The van der Waals surface area contributed by atoms with Crippen LogP contribution < -0.4 is 14.8 Å². The average Bonchev–Trinajstić information content (AvgIpc) is 3.50. The van der Waals surface area contributed by atoms with E-state index in [1.807, 2.05) is 21.9 Å². The number of anilines is 1. The maximum Gasteiger partial charge on any atom is 0.320 e. The fourth-order valence-electron chi connectivity index (χ4n) is 6.48. The Morgan fingerprint density at radius 2 is 1.67 bits per heavy atom. The second-order valence-electron chi connectivity index (χ2n) is 11.8. The van der Waals surface area contributed by atoms with Gasteiger partial charge in [-0.3, -0.25) is 9.69 Å². The van der Waals surface area contributed by atoms with Crippen LogP contribution in [0.3, 0.4) is 0 Å². The number of nitrogens with zero attached hydrogens (tertiary/aromatic N) is 3. The molecule has 42 heavy (non-hydrogen) atoms. The van der Waals surface area contributed by atoms with E-state index in [0.29, 0.717) is 61.4 Å². The summed E-state index contributed by atoms with van der Waals surface area (Å²) in [5, 5.41) is 3.05. The van der Waals surface area contributed by atoms with Gasteiger partial charge in [0.2, 0.25) is 6.79 Å². The van der Waals surface area contributed by atoms with E-state index >= 15 is 0 Å². The molecule has 228 valence electrons. The van der Waals surface area contributed by atoms with Crippen molar-refractivity contribution in [3.63, 3.8) is 0 Å². The van der Waals surface area contributed by atoms with E-state index in [1.54, 1.807) is 18.2 Å². The van der Waals surface area contributed by atoms with Crippen molar-refractivity contribution in [1.82, 2.24) is 14.7 Å². The molecule has 9 nitrogen and oxygen atoms in total. The molecule has 1 N–H and O–H groups in total. The minimum atomic E-state index is -0.171. The predicted molar refractivity (Wildman–Crippen MR) is 163 cm³/mol. The molecule has 0 radical (unpaired) electrons. The molecule has 0 aliphatic carbocycles. The molecule has 2 aromatic carbocycles. The second kappa shape index (κ2) is 14.2. The summed E-state index contributed by atoms with van der Waals surface area (Å²) in [6.45, 7) is 12.5. The number of nitrogens with one attached hydrogen (secondary N) is 1. The molecule has 0 aromatic heterocycles. The largest absolute Gasteiger partial charge is 0.454 e. The predicted octanol–water partition coefficient (Wildman–Crippen LogP) is 5.25. The smallest absolute Gasteiger partial charge is 0.320 e. The number of urea groups is 1. The van der Waals surface area contributed by atoms with E-state index in [0.717, 1.165) is 57.4 Å². The van der Waals surface area contributed by atoms with Crippen molar-refractivity contribution in [2.24, 2.45) is 5.92 Å². The molecule has 1 atom stereocenters. The van der Waals surface area contributed by atoms with Gasteiger partial charge in [0.1, 0.15) is 0 Å². The van der Waals surface area contributed by atoms with Crippen LogP contribution in [0.1, 0.15) is 62.4 Å². The Morgan fingerprint density at radius 1 is 0.952 bits per heavy atom. The van der Waals surface area contributed by atoms with Crippen molar-refractivity contribution in [2.75, 3.05) is 58.0 Å². The zero-order valence-electron chi connectivity index (χ0n) is 25.3. The van der Waals surface area contributed by atoms with Crippen molar-refractivity contribution in [3.05, 3.63) is 53.6 Å². The lowest BCUT2D eigenvalue weighted by atomic mass is 9.93. The number of carbonyl (C=O) groups excluding carboxylic acids is 2. The molecule has 2 aromatic rings. The summed E-state index contributed by atoms with van der Waals surface area (Å²) in [7, 11) is 0. The Balaban J connectivity index is 1.18. The number of likely N-dealkylation sites (tertiary alicyclic amines) is 1. The Labute approximate surface area is 250 Å². The van der Waals surface area contributed by atoms with Crippen molar-refractivity contribution in [2.45, 2.75) is 65.0 Å². The monoisotopic (exact) mass is 578 g/mol. The van der Waals surface area contributed by atoms with E-state index in [1.165, 1.54) is 5.56 Å². The van der Waals surface area contributed by atoms with Gasteiger partial charge in [0, 0.05) is 56.1 Å². The van der Waals surface area contributed by atoms with Crippen LogP contribution >= 0.6 is 0 Å². The highest BCUT2D eigenvalue weighted by Crippen LogP contribution is 2.33. The van der Waals surface area contributed by atoms with Gasteiger partial charge in [-0.1, -0.05) is 26.0 Å². The Hall–Kier alpha value is -3.30. The van der Waals surface area contributed by atoms with Crippen LogP contribution in [0, 0.1) is 5.92 Å². The Bertz CT molecular complexity index is 1200. The highest BCUT2D eigenvalue weighted by Gasteiger charge is 2.30. The number of amides is 3. The molecular formula is C33H46N4O5. The summed E-state index contributed by atoms with van der Waals surface area (Å²) in [6.07, 6.45) is 5.21. The standard InChI is InChI=1S/C33H46N4O5/c1-4-29(5-2)37(22-25-11-13-35(14-12-25)33(39)36-15-17-40-18-16-36)24(3)19-26-7-6-8-28(20-26)34-32(38)27-9-10-30-31(21-27)42-23-41-30/h6-10,20-21,24-25,29H,4-5,11-19,22-23H2,1-3H3,(H,34,38). The quantitative estimate of drug-likeness (QED) is 0.415. The molecule has 2 fully saturated rings. The summed E-state index contributed by atoms with van der Waals surface area (Å²) in [6, 6.07) is 14.5. The normalized spacial score (nSPS) is 18.0. The number of piperidine rings is 1. The zero-order chi connectivity index (χ0) is 29.5. The lowest BCUT2D eigenvalue weighted by Crippen LogP contribution is -2.52. The molecule has 0 saturated carbocycles. The third-order valence-corrected chi connectivity index (χ3v) is 8.96. The van der Waals surface area contributed by atoms with Gasteiger partial charge in [0.25, 0.3) is 5.91 Å². The van der Waals surface area contributed by atoms with Gasteiger partial charge in [-0.25, -0.2) is 4.79 Å². The lowest BCUT2D eigenvalue weighted by molar-refractivity contribution is 0.0371. The summed E-state index contributed by atoms with van der Waals surface area (Å²) >= 11 is 0. The zero-order valence-corrected chi connectivity index (χ0v) is 25.3. The van der Waals surface area contributed by atoms with Crippen molar-refractivity contribution < 1.29 is 23.8 Å². The number of morpholine rings is 1. The van der Waals surface area contributed by atoms with Gasteiger partial charge in [0.05, 0.1) is 13.2 Å². The molecule has 3 aliphatic heterocycles. The summed E-state index contributed by atoms with van der Waals surface area (Å²) in [5.41, 5.74) is 2.53. The summed E-state index contributed by atoms with van der Waals surface area (Å²) < 4.78 is 16.2. The van der Waals surface area contributed by atoms with Gasteiger partial charge >= 0.3 is 6.03 Å². The van der Waals surface area contributed by atoms with E-state index in [4.69, 9.17) is 14.2 Å². The van der Waals surface area contributed by atoms with Gasteiger partial charge in [-0.2, -0.15) is 0 Å². The van der Waals surface area contributed by atoms with Crippen LogP contribution in [0.15, 0.2) is 42.5 Å². The first-order valence-corrected chi connectivity index (χ1v) is 15.6. The number of rotatable bonds is 10. The molecule has 1 unspecified atom stereocenters. The molecule has 3 heterocycles. The maximum absolute atomic E-state index is 13.0. The molecule has 5 rings (SSSR count). The molecule has 9 heteroatoms. The minimum absolute atomic E-state index is 0.171. The van der Waals surface area contributed by atoms with Crippen molar-refractivity contribution >= 4 is 17.6 Å². The Morgan fingerprint density at radius 3 is 2.40 bits per heavy atom. The van der Waals surface area contributed by atoms with E-state index in [2.05, 4.69) is 43.1 Å².